The standard InChI is InChI=1S/C15H18N4O3S/c1-8-7-10(9-3-2-4-9)22-14(21)12(8)13(20)17-6-5-11-18-19-15(16)23-11/h7,9H,2-6H2,1H3,(H2,16,19)(H,17,20). The zero-order valence-corrected chi connectivity index (χ0v) is 13.6. The normalized spacial score (nSPS) is 14.5. The molecular formula is C15H18N4O3S. The monoisotopic (exact) mass is 334 g/mol. The molecule has 7 nitrogen and oxygen atoms in total. The summed E-state index contributed by atoms with van der Waals surface area (Å²) in [6.45, 7) is 2.12. The third-order valence-corrected chi connectivity index (χ3v) is 4.82. The number of rotatable bonds is 5. The fourth-order valence-corrected chi connectivity index (χ4v) is 3.15. The Balaban J connectivity index is 1.65. The molecule has 0 aromatic carbocycles. The maximum atomic E-state index is 12.2. The van der Waals surface area contributed by atoms with Crippen molar-refractivity contribution in [1.82, 2.24) is 15.5 Å². The van der Waals surface area contributed by atoms with Crippen molar-refractivity contribution in [2.24, 2.45) is 0 Å². The number of nitrogens with one attached hydrogen (secondary N) is 1. The molecule has 1 amide bonds. The number of anilines is 1. The molecule has 0 saturated heterocycles. The molecule has 2 aromatic rings. The summed E-state index contributed by atoms with van der Waals surface area (Å²) >= 11 is 1.28. The maximum absolute atomic E-state index is 12.2. The molecule has 1 aliphatic rings. The Labute approximate surface area is 136 Å². The molecular weight excluding hydrogens is 316 g/mol. The molecule has 3 rings (SSSR count). The largest absolute Gasteiger partial charge is 0.427 e. The summed E-state index contributed by atoms with van der Waals surface area (Å²) in [5, 5.41) is 11.4. The quantitative estimate of drug-likeness (QED) is 0.859. The second-order valence-electron chi connectivity index (χ2n) is 5.66. The second kappa shape index (κ2) is 6.49. The van der Waals surface area contributed by atoms with Gasteiger partial charge in [-0.15, -0.1) is 10.2 Å². The number of amides is 1. The number of nitrogens with two attached hydrogens (primary N) is 1. The van der Waals surface area contributed by atoms with Crippen LogP contribution in [0.5, 0.6) is 0 Å². The van der Waals surface area contributed by atoms with Crippen molar-refractivity contribution in [2.75, 3.05) is 12.3 Å². The number of nitrogen functional groups attached to an aromatic ring is 1. The van der Waals surface area contributed by atoms with Crippen LogP contribution in [0.4, 0.5) is 5.13 Å². The van der Waals surface area contributed by atoms with E-state index in [2.05, 4.69) is 15.5 Å². The Morgan fingerprint density at radius 3 is 2.83 bits per heavy atom. The third kappa shape index (κ3) is 3.42. The molecule has 0 aliphatic heterocycles. The summed E-state index contributed by atoms with van der Waals surface area (Å²) < 4.78 is 5.33. The van der Waals surface area contributed by atoms with Crippen LogP contribution in [-0.4, -0.2) is 22.6 Å². The van der Waals surface area contributed by atoms with Crippen molar-refractivity contribution in [1.29, 1.82) is 0 Å². The van der Waals surface area contributed by atoms with Crippen molar-refractivity contribution < 1.29 is 9.21 Å². The lowest BCUT2D eigenvalue weighted by atomic mass is 9.83. The molecule has 2 heterocycles. The highest BCUT2D eigenvalue weighted by molar-refractivity contribution is 7.15. The van der Waals surface area contributed by atoms with E-state index in [1.54, 1.807) is 6.92 Å². The van der Waals surface area contributed by atoms with E-state index in [1.165, 1.54) is 11.3 Å². The Kier molecular flexibility index (Phi) is 4.42. The van der Waals surface area contributed by atoms with Gasteiger partial charge >= 0.3 is 5.63 Å². The van der Waals surface area contributed by atoms with E-state index in [0.717, 1.165) is 24.3 Å². The van der Waals surface area contributed by atoms with Gasteiger partial charge in [-0.1, -0.05) is 17.8 Å². The van der Waals surface area contributed by atoms with Crippen LogP contribution in [0.1, 0.15) is 51.9 Å². The van der Waals surface area contributed by atoms with Crippen LogP contribution in [0.3, 0.4) is 0 Å². The van der Waals surface area contributed by atoms with E-state index < -0.39 is 11.5 Å². The van der Waals surface area contributed by atoms with E-state index in [0.29, 0.717) is 35.3 Å². The lowest BCUT2D eigenvalue weighted by molar-refractivity contribution is 0.0948. The zero-order chi connectivity index (χ0) is 16.4. The molecule has 0 unspecified atom stereocenters. The molecule has 0 atom stereocenters. The van der Waals surface area contributed by atoms with Gasteiger partial charge in [0.15, 0.2) is 0 Å². The van der Waals surface area contributed by atoms with Crippen LogP contribution in [0.15, 0.2) is 15.3 Å². The summed E-state index contributed by atoms with van der Waals surface area (Å²) in [6, 6.07) is 1.81. The number of aromatic nitrogens is 2. The smallest absolute Gasteiger partial charge is 0.349 e. The first kappa shape index (κ1) is 15.7. The van der Waals surface area contributed by atoms with Crippen molar-refractivity contribution in [3.63, 3.8) is 0 Å². The summed E-state index contributed by atoms with van der Waals surface area (Å²) in [7, 11) is 0. The number of carbonyl (C=O) groups is 1. The van der Waals surface area contributed by atoms with Crippen molar-refractivity contribution in [2.45, 2.75) is 38.5 Å². The number of nitrogens with zero attached hydrogens (tertiary/aromatic N) is 2. The first-order valence-corrected chi connectivity index (χ1v) is 8.37. The van der Waals surface area contributed by atoms with E-state index >= 15 is 0 Å². The number of aryl methyl sites for hydroxylation is 1. The summed E-state index contributed by atoms with van der Waals surface area (Å²) in [4.78, 5) is 24.3. The molecule has 1 aliphatic carbocycles. The summed E-state index contributed by atoms with van der Waals surface area (Å²) in [6.07, 6.45) is 3.76. The van der Waals surface area contributed by atoms with Crippen LogP contribution in [0, 0.1) is 6.92 Å². The fourth-order valence-electron chi connectivity index (χ4n) is 2.54. The summed E-state index contributed by atoms with van der Waals surface area (Å²) in [5.41, 5.74) is 5.66. The van der Waals surface area contributed by atoms with Gasteiger partial charge in [-0.25, -0.2) is 4.79 Å². The van der Waals surface area contributed by atoms with Gasteiger partial charge in [-0.05, 0) is 31.4 Å². The van der Waals surface area contributed by atoms with Crippen LogP contribution in [0.2, 0.25) is 0 Å². The van der Waals surface area contributed by atoms with E-state index in [9.17, 15) is 9.59 Å². The Bertz CT molecular complexity index is 779. The average molecular weight is 334 g/mol. The Hall–Kier alpha value is -2.22. The van der Waals surface area contributed by atoms with Crippen LogP contribution < -0.4 is 16.7 Å². The molecule has 0 spiro atoms. The number of carbonyl (C=O) groups excluding carboxylic acids is 1. The third-order valence-electron chi connectivity index (χ3n) is 4.01. The molecule has 8 heteroatoms. The van der Waals surface area contributed by atoms with Gasteiger partial charge in [0.1, 0.15) is 16.3 Å². The summed E-state index contributed by atoms with van der Waals surface area (Å²) in [5.74, 6) is 0.593. The maximum Gasteiger partial charge on any atom is 0.349 e. The minimum absolute atomic E-state index is 0.0739. The van der Waals surface area contributed by atoms with Gasteiger partial charge in [0, 0.05) is 18.9 Å². The van der Waals surface area contributed by atoms with E-state index in [1.807, 2.05) is 6.07 Å². The number of hydrogen-bond acceptors (Lipinski definition) is 7. The van der Waals surface area contributed by atoms with Crippen LogP contribution >= 0.6 is 11.3 Å². The van der Waals surface area contributed by atoms with Gasteiger partial charge in [-0.3, -0.25) is 4.79 Å². The minimum Gasteiger partial charge on any atom is -0.427 e. The molecule has 122 valence electrons. The predicted octanol–water partition coefficient (Wildman–Crippen LogP) is 1.62. The van der Waals surface area contributed by atoms with E-state index in [4.69, 9.17) is 10.2 Å². The van der Waals surface area contributed by atoms with Gasteiger partial charge in [0.2, 0.25) is 5.13 Å². The van der Waals surface area contributed by atoms with Gasteiger partial charge < -0.3 is 15.5 Å². The van der Waals surface area contributed by atoms with Crippen molar-refractivity contribution >= 4 is 22.4 Å². The molecule has 0 bridgehead atoms. The highest BCUT2D eigenvalue weighted by Crippen LogP contribution is 2.36. The average Bonchev–Trinajstić information content (AvgIpc) is 2.81. The molecule has 2 aromatic heterocycles. The number of hydrogen-bond donors (Lipinski definition) is 2. The van der Waals surface area contributed by atoms with Crippen molar-refractivity contribution in [3.05, 3.63) is 38.4 Å². The lowest BCUT2D eigenvalue weighted by Crippen LogP contribution is -2.31. The molecule has 0 radical (unpaired) electrons. The zero-order valence-electron chi connectivity index (χ0n) is 12.8. The van der Waals surface area contributed by atoms with Crippen LogP contribution in [-0.2, 0) is 6.42 Å². The predicted molar refractivity (Wildman–Crippen MR) is 86.7 cm³/mol. The van der Waals surface area contributed by atoms with Crippen LogP contribution in [0.25, 0.3) is 0 Å². The first-order chi connectivity index (χ1) is 11.0. The van der Waals surface area contributed by atoms with Gasteiger partial charge in [0.25, 0.3) is 5.91 Å². The fraction of sp³-hybridized carbons (Fsp3) is 0.467. The van der Waals surface area contributed by atoms with E-state index in [-0.39, 0.29) is 5.56 Å². The topological polar surface area (TPSA) is 111 Å². The van der Waals surface area contributed by atoms with Gasteiger partial charge in [0.05, 0.1) is 0 Å². The first-order valence-electron chi connectivity index (χ1n) is 7.55. The van der Waals surface area contributed by atoms with Crippen molar-refractivity contribution in [3.8, 4) is 0 Å². The Morgan fingerprint density at radius 2 is 2.26 bits per heavy atom. The highest BCUT2D eigenvalue weighted by Gasteiger charge is 2.25. The molecule has 23 heavy (non-hydrogen) atoms. The SMILES string of the molecule is Cc1cc(C2CCC2)oc(=O)c1C(=O)NCCc1nnc(N)s1. The molecule has 3 N–H and O–H groups in total. The molecule has 1 saturated carbocycles. The lowest BCUT2D eigenvalue weighted by Gasteiger charge is -2.24. The second-order valence-corrected chi connectivity index (χ2v) is 6.76. The Morgan fingerprint density at radius 1 is 1.48 bits per heavy atom. The minimum atomic E-state index is -0.565. The van der Waals surface area contributed by atoms with Gasteiger partial charge in [-0.2, -0.15) is 0 Å². The highest BCUT2D eigenvalue weighted by atomic mass is 32.1. The molecule has 1 fully saturated rings.